The highest BCUT2D eigenvalue weighted by Crippen LogP contribution is 2.29. The summed E-state index contributed by atoms with van der Waals surface area (Å²) < 4.78 is 0. The number of rotatable bonds is 5. The van der Waals surface area contributed by atoms with E-state index in [9.17, 15) is 4.79 Å². The average Bonchev–Trinajstić information content (AvgIpc) is 2.98. The zero-order chi connectivity index (χ0) is 10.7. The molecular weight excluding hydrogens is 261 g/mol. The molecule has 2 rings (SSSR count). The fraction of sp³-hybridized carbons (Fsp3) is 0.909. The minimum Gasteiger partial charge on any atom is -0.352 e. The van der Waals surface area contributed by atoms with Crippen LogP contribution < -0.4 is 10.6 Å². The number of hydrogen-bond acceptors (Lipinski definition) is 3. The second kappa shape index (κ2) is 8.14. The van der Waals surface area contributed by atoms with Crippen molar-refractivity contribution >= 4 is 30.7 Å². The van der Waals surface area contributed by atoms with E-state index in [4.69, 9.17) is 0 Å². The van der Waals surface area contributed by atoms with Crippen molar-refractivity contribution < 1.29 is 4.79 Å². The second-order valence-electron chi connectivity index (χ2n) is 4.63. The lowest BCUT2D eigenvalue weighted by Gasteiger charge is -2.15. The fourth-order valence-corrected chi connectivity index (χ4v) is 2.21. The number of hydrogen-bond donors (Lipinski definition) is 2. The first-order valence-corrected chi connectivity index (χ1v) is 5.97. The Kier molecular flexibility index (Phi) is 8.12. The molecule has 0 radical (unpaired) electrons. The first kappa shape index (κ1) is 17.0. The zero-order valence-corrected chi connectivity index (χ0v) is 11.9. The Morgan fingerprint density at radius 1 is 1.29 bits per heavy atom. The predicted molar refractivity (Wildman–Crippen MR) is 74.2 cm³/mol. The zero-order valence-electron chi connectivity index (χ0n) is 10.3. The van der Waals surface area contributed by atoms with Gasteiger partial charge in [-0.25, -0.2) is 0 Å². The molecule has 2 aliphatic rings. The molecule has 2 N–H and O–H groups in total. The maximum absolute atomic E-state index is 11.5. The maximum atomic E-state index is 11.5. The van der Waals surface area contributed by atoms with Crippen molar-refractivity contribution in [2.24, 2.45) is 0 Å². The molecule has 1 saturated heterocycles. The SMILES string of the molecule is CNCCC(=O)NC1CCN(C2CC2)C1.Cl.Cl. The third kappa shape index (κ3) is 5.42. The Morgan fingerprint density at radius 2 is 2.00 bits per heavy atom. The molecule has 1 unspecified atom stereocenters. The van der Waals surface area contributed by atoms with Crippen LogP contribution in [-0.4, -0.2) is 49.6 Å². The standard InChI is InChI=1S/C11H21N3O.2ClH/c1-12-6-4-11(15)13-9-5-7-14(8-9)10-2-3-10;;/h9-10,12H,2-8H2,1H3,(H,13,15);2*1H. The Labute approximate surface area is 116 Å². The Morgan fingerprint density at radius 3 is 2.59 bits per heavy atom. The summed E-state index contributed by atoms with van der Waals surface area (Å²) in [6.45, 7) is 3.00. The monoisotopic (exact) mass is 283 g/mol. The summed E-state index contributed by atoms with van der Waals surface area (Å²) in [5.74, 6) is 0.187. The van der Waals surface area contributed by atoms with Crippen molar-refractivity contribution in [1.29, 1.82) is 0 Å². The van der Waals surface area contributed by atoms with Gasteiger partial charge in [0, 0.05) is 38.1 Å². The molecule has 2 fully saturated rings. The van der Waals surface area contributed by atoms with E-state index in [1.807, 2.05) is 7.05 Å². The average molecular weight is 284 g/mol. The van der Waals surface area contributed by atoms with Gasteiger partial charge in [-0.15, -0.1) is 24.8 Å². The Hall–Kier alpha value is -0.0300. The summed E-state index contributed by atoms with van der Waals surface area (Å²) >= 11 is 0. The van der Waals surface area contributed by atoms with Crippen LogP contribution in [0.2, 0.25) is 0 Å². The van der Waals surface area contributed by atoms with Gasteiger partial charge in [0.25, 0.3) is 0 Å². The van der Waals surface area contributed by atoms with Crippen LogP contribution in [0.15, 0.2) is 0 Å². The molecule has 6 heteroatoms. The van der Waals surface area contributed by atoms with Gasteiger partial charge in [0.05, 0.1) is 0 Å². The van der Waals surface area contributed by atoms with Crippen molar-refractivity contribution in [3.63, 3.8) is 0 Å². The highest BCUT2D eigenvalue weighted by molar-refractivity contribution is 5.85. The van der Waals surface area contributed by atoms with Gasteiger partial charge in [0.15, 0.2) is 0 Å². The predicted octanol–water partition coefficient (Wildman–Crippen LogP) is 0.792. The van der Waals surface area contributed by atoms with Gasteiger partial charge < -0.3 is 10.6 Å². The first-order valence-electron chi connectivity index (χ1n) is 5.97. The number of amides is 1. The van der Waals surface area contributed by atoms with Gasteiger partial charge >= 0.3 is 0 Å². The first-order chi connectivity index (χ1) is 7.29. The van der Waals surface area contributed by atoms with Gasteiger partial charge in [-0.05, 0) is 26.3 Å². The molecule has 0 bridgehead atoms. The topological polar surface area (TPSA) is 44.4 Å². The molecule has 1 aliphatic heterocycles. The number of nitrogens with zero attached hydrogens (tertiary/aromatic N) is 1. The van der Waals surface area contributed by atoms with Gasteiger partial charge in [0.2, 0.25) is 5.91 Å². The van der Waals surface area contributed by atoms with Gasteiger partial charge in [-0.1, -0.05) is 0 Å². The summed E-state index contributed by atoms with van der Waals surface area (Å²) in [5, 5.41) is 6.09. The quantitative estimate of drug-likeness (QED) is 0.784. The summed E-state index contributed by atoms with van der Waals surface area (Å²) in [4.78, 5) is 14.0. The van der Waals surface area contributed by atoms with Crippen molar-refractivity contribution in [2.45, 2.75) is 37.8 Å². The summed E-state index contributed by atoms with van der Waals surface area (Å²) in [5.41, 5.74) is 0. The summed E-state index contributed by atoms with van der Waals surface area (Å²) in [7, 11) is 1.87. The molecule has 0 spiro atoms. The molecule has 0 aromatic heterocycles. The maximum Gasteiger partial charge on any atom is 0.221 e. The minimum absolute atomic E-state index is 0. The van der Waals surface area contributed by atoms with E-state index in [-0.39, 0.29) is 30.7 Å². The normalized spacial score (nSPS) is 23.7. The third-order valence-corrected chi connectivity index (χ3v) is 3.25. The van der Waals surface area contributed by atoms with E-state index in [1.165, 1.54) is 19.4 Å². The van der Waals surface area contributed by atoms with Crippen LogP contribution in [-0.2, 0) is 4.79 Å². The highest BCUT2D eigenvalue weighted by Gasteiger charge is 2.34. The largest absolute Gasteiger partial charge is 0.352 e. The van der Waals surface area contributed by atoms with Crippen molar-refractivity contribution in [1.82, 2.24) is 15.5 Å². The molecular formula is C11H23Cl2N3O. The molecule has 4 nitrogen and oxygen atoms in total. The van der Waals surface area contributed by atoms with E-state index >= 15 is 0 Å². The molecule has 17 heavy (non-hydrogen) atoms. The molecule has 1 aliphatic carbocycles. The lowest BCUT2D eigenvalue weighted by molar-refractivity contribution is -0.121. The number of likely N-dealkylation sites (tertiary alicyclic amines) is 1. The Balaban J connectivity index is 0.00000128. The highest BCUT2D eigenvalue weighted by atomic mass is 35.5. The molecule has 1 amide bonds. The van der Waals surface area contributed by atoms with Gasteiger partial charge in [-0.2, -0.15) is 0 Å². The van der Waals surface area contributed by atoms with Crippen LogP contribution in [0.1, 0.15) is 25.7 Å². The number of carbonyl (C=O) groups is 1. The van der Waals surface area contributed by atoms with Gasteiger partial charge in [-0.3, -0.25) is 9.69 Å². The molecule has 0 aromatic carbocycles. The number of carbonyl (C=O) groups excluding carboxylic acids is 1. The smallest absolute Gasteiger partial charge is 0.221 e. The van der Waals surface area contributed by atoms with Crippen LogP contribution >= 0.6 is 24.8 Å². The molecule has 1 saturated carbocycles. The number of halogens is 2. The molecule has 0 aromatic rings. The fourth-order valence-electron chi connectivity index (χ4n) is 2.21. The van der Waals surface area contributed by atoms with E-state index in [0.29, 0.717) is 12.5 Å². The van der Waals surface area contributed by atoms with Crippen molar-refractivity contribution in [3.05, 3.63) is 0 Å². The van der Waals surface area contributed by atoms with Crippen LogP contribution in [0.25, 0.3) is 0 Å². The van der Waals surface area contributed by atoms with Crippen LogP contribution in [0.3, 0.4) is 0 Å². The molecule has 1 heterocycles. The molecule has 1 atom stereocenters. The van der Waals surface area contributed by atoms with E-state index in [1.54, 1.807) is 0 Å². The Bertz CT molecular complexity index is 237. The van der Waals surface area contributed by atoms with Crippen LogP contribution in [0.4, 0.5) is 0 Å². The van der Waals surface area contributed by atoms with Crippen molar-refractivity contribution in [2.75, 3.05) is 26.7 Å². The summed E-state index contributed by atoms with van der Waals surface area (Å²) in [6, 6.07) is 1.24. The summed E-state index contributed by atoms with van der Waals surface area (Å²) in [6.07, 6.45) is 4.44. The van der Waals surface area contributed by atoms with E-state index in [2.05, 4.69) is 15.5 Å². The number of nitrogens with one attached hydrogen (secondary N) is 2. The molecule has 102 valence electrons. The van der Waals surface area contributed by atoms with E-state index in [0.717, 1.165) is 25.6 Å². The third-order valence-electron chi connectivity index (χ3n) is 3.25. The van der Waals surface area contributed by atoms with Crippen LogP contribution in [0, 0.1) is 0 Å². The van der Waals surface area contributed by atoms with Gasteiger partial charge in [0.1, 0.15) is 0 Å². The lowest BCUT2D eigenvalue weighted by Crippen LogP contribution is -2.38. The second-order valence-corrected chi connectivity index (χ2v) is 4.63. The van der Waals surface area contributed by atoms with Crippen molar-refractivity contribution in [3.8, 4) is 0 Å². The van der Waals surface area contributed by atoms with E-state index < -0.39 is 0 Å². The minimum atomic E-state index is 0. The van der Waals surface area contributed by atoms with Crippen LogP contribution in [0.5, 0.6) is 0 Å². The lowest BCUT2D eigenvalue weighted by atomic mass is 10.2.